The first-order valence-corrected chi connectivity index (χ1v) is 10.4. The third kappa shape index (κ3) is 5.00. The van der Waals surface area contributed by atoms with Crippen LogP contribution < -0.4 is 15.1 Å². The minimum atomic E-state index is -0.0357. The molecule has 4 rings (SSSR count). The van der Waals surface area contributed by atoms with Crippen LogP contribution >= 0.6 is 0 Å². The second-order valence-corrected chi connectivity index (χ2v) is 7.86. The maximum atomic E-state index is 12.8. The molecule has 0 aliphatic carbocycles. The van der Waals surface area contributed by atoms with E-state index in [4.69, 9.17) is 0 Å². The number of nitrogens with zero attached hydrogens (tertiary/aromatic N) is 6. The van der Waals surface area contributed by atoms with Gasteiger partial charge in [-0.1, -0.05) is 0 Å². The number of carbonyl (C=O) groups excluding carboxylic acids is 1. The van der Waals surface area contributed by atoms with E-state index < -0.39 is 0 Å². The van der Waals surface area contributed by atoms with Crippen LogP contribution in [0.3, 0.4) is 0 Å². The summed E-state index contributed by atoms with van der Waals surface area (Å²) in [6.07, 6.45) is 7.20. The summed E-state index contributed by atoms with van der Waals surface area (Å²) in [5.41, 5.74) is 1.08. The number of piperidine rings is 1. The molecule has 2 saturated heterocycles. The second-order valence-electron chi connectivity index (χ2n) is 7.86. The number of likely N-dealkylation sites (N-methyl/N-ethyl adjacent to an activating group) is 1. The molecule has 0 spiro atoms. The van der Waals surface area contributed by atoms with Crippen LogP contribution in [0.4, 0.5) is 11.8 Å². The highest BCUT2D eigenvalue weighted by Crippen LogP contribution is 2.20. The summed E-state index contributed by atoms with van der Waals surface area (Å²) >= 11 is 0. The van der Waals surface area contributed by atoms with E-state index in [1.54, 1.807) is 12.4 Å². The number of piperazine rings is 1. The Morgan fingerprint density at radius 3 is 2.66 bits per heavy atom. The number of aromatic nitrogens is 3. The molecule has 2 fully saturated rings. The number of hydrogen-bond donors (Lipinski definition) is 1. The van der Waals surface area contributed by atoms with Gasteiger partial charge in [-0.2, -0.15) is 0 Å². The Morgan fingerprint density at radius 2 is 1.86 bits per heavy atom. The Kier molecular flexibility index (Phi) is 6.19. The standard InChI is InChI=1S/C21H29N7O/c1-26-10-12-27(13-11-26)19-14-17(5-8-22-19)15-25-20(29)18-4-2-9-28(16-18)21-23-6-3-7-24-21/h3,5-8,14,18H,2,4,9-13,15-16H2,1H3,(H,25,29). The molecule has 0 aromatic carbocycles. The number of pyridine rings is 1. The zero-order valence-corrected chi connectivity index (χ0v) is 17.0. The molecule has 1 unspecified atom stereocenters. The molecule has 2 aliphatic rings. The van der Waals surface area contributed by atoms with Gasteiger partial charge in [-0.3, -0.25) is 4.79 Å². The van der Waals surface area contributed by atoms with Crippen LogP contribution in [0, 0.1) is 5.92 Å². The van der Waals surface area contributed by atoms with Gasteiger partial charge < -0.3 is 20.0 Å². The second kappa shape index (κ2) is 9.17. The van der Waals surface area contributed by atoms with Crippen LogP contribution in [-0.4, -0.2) is 72.1 Å². The Balaban J connectivity index is 1.32. The molecule has 8 heteroatoms. The van der Waals surface area contributed by atoms with Crippen molar-refractivity contribution in [2.75, 3.05) is 56.1 Å². The van der Waals surface area contributed by atoms with Crippen molar-refractivity contribution in [3.05, 3.63) is 42.4 Å². The minimum Gasteiger partial charge on any atom is -0.354 e. The number of anilines is 2. The normalized spacial score (nSPS) is 20.5. The van der Waals surface area contributed by atoms with Crippen molar-refractivity contribution in [3.63, 3.8) is 0 Å². The van der Waals surface area contributed by atoms with Gasteiger partial charge in [0.1, 0.15) is 5.82 Å². The quantitative estimate of drug-likeness (QED) is 0.814. The Hall–Kier alpha value is -2.74. The number of nitrogens with one attached hydrogen (secondary N) is 1. The largest absolute Gasteiger partial charge is 0.354 e. The maximum Gasteiger partial charge on any atom is 0.225 e. The van der Waals surface area contributed by atoms with Crippen molar-refractivity contribution < 1.29 is 4.79 Å². The monoisotopic (exact) mass is 395 g/mol. The summed E-state index contributed by atoms with van der Waals surface area (Å²) < 4.78 is 0. The molecule has 0 saturated carbocycles. The lowest BCUT2D eigenvalue weighted by molar-refractivity contribution is -0.125. The van der Waals surface area contributed by atoms with E-state index >= 15 is 0 Å². The van der Waals surface area contributed by atoms with E-state index in [1.807, 2.05) is 18.3 Å². The van der Waals surface area contributed by atoms with Crippen molar-refractivity contribution in [1.82, 2.24) is 25.2 Å². The predicted molar refractivity (Wildman–Crippen MR) is 113 cm³/mol. The molecule has 154 valence electrons. The molecule has 4 heterocycles. The lowest BCUT2D eigenvalue weighted by Crippen LogP contribution is -2.45. The SMILES string of the molecule is CN1CCN(c2cc(CNC(=O)C3CCCN(c4ncccn4)C3)ccn2)CC1. The van der Waals surface area contributed by atoms with E-state index in [0.29, 0.717) is 19.0 Å². The Morgan fingerprint density at radius 1 is 1.07 bits per heavy atom. The lowest BCUT2D eigenvalue weighted by atomic mass is 9.97. The van der Waals surface area contributed by atoms with E-state index in [9.17, 15) is 4.79 Å². The fraction of sp³-hybridized carbons (Fsp3) is 0.524. The van der Waals surface area contributed by atoms with Crippen LogP contribution in [0.1, 0.15) is 18.4 Å². The van der Waals surface area contributed by atoms with Gasteiger partial charge in [0.2, 0.25) is 11.9 Å². The zero-order chi connectivity index (χ0) is 20.1. The highest BCUT2D eigenvalue weighted by Gasteiger charge is 2.27. The van der Waals surface area contributed by atoms with E-state index in [1.165, 1.54) is 0 Å². The summed E-state index contributed by atoms with van der Waals surface area (Å²) in [7, 11) is 2.15. The third-order valence-corrected chi connectivity index (χ3v) is 5.73. The molecule has 1 amide bonds. The van der Waals surface area contributed by atoms with Crippen LogP contribution in [0.2, 0.25) is 0 Å². The molecule has 8 nitrogen and oxygen atoms in total. The molecule has 2 aromatic heterocycles. The molecule has 1 atom stereocenters. The van der Waals surface area contributed by atoms with E-state index in [-0.39, 0.29) is 11.8 Å². The molecule has 2 aromatic rings. The fourth-order valence-electron chi connectivity index (χ4n) is 3.94. The minimum absolute atomic E-state index is 0.0357. The first kappa shape index (κ1) is 19.6. The number of rotatable bonds is 5. The Bertz CT molecular complexity index is 808. The summed E-state index contributed by atoms with van der Waals surface area (Å²) in [5.74, 6) is 1.76. The first-order valence-electron chi connectivity index (χ1n) is 10.4. The first-order chi connectivity index (χ1) is 14.2. The average molecular weight is 396 g/mol. The van der Waals surface area contributed by atoms with Gasteiger partial charge in [-0.05, 0) is 43.7 Å². The van der Waals surface area contributed by atoms with Crippen molar-refractivity contribution in [3.8, 4) is 0 Å². The topological polar surface area (TPSA) is 77.5 Å². The average Bonchev–Trinajstić information content (AvgIpc) is 2.79. The maximum absolute atomic E-state index is 12.8. The molecule has 1 N–H and O–H groups in total. The lowest BCUT2D eigenvalue weighted by Gasteiger charge is -2.33. The van der Waals surface area contributed by atoms with Gasteiger partial charge in [0.25, 0.3) is 0 Å². The predicted octanol–water partition coefficient (Wildman–Crippen LogP) is 1.16. The van der Waals surface area contributed by atoms with Gasteiger partial charge in [-0.15, -0.1) is 0 Å². The van der Waals surface area contributed by atoms with Gasteiger partial charge in [0.05, 0.1) is 5.92 Å². The van der Waals surface area contributed by atoms with Crippen molar-refractivity contribution in [2.45, 2.75) is 19.4 Å². The third-order valence-electron chi connectivity index (χ3n) is 5.73. The van der Waals surface area contributed by atoms with Crippen molar-refractivity contribution in [1.29, 1.82) is 0 Å². The molecule has 2 aliphatic heterocycles. The van der Waals surface area contributed by atoms with Gasteiger partial charge in [0, 0.05) is 64.4 Å². The molecule has 29 heavy (non-hydrogen) atoms. The van der Waals surface area contributed by atoms with Crippen LogP contribution in [0.5, 0.6) is 0 Å². The number of amides is 1. The highest BCUT2D eigenvalue weighted by molar-refractivity contribution is 5.79. The van der Waals surface area contributed by atoms with Gasteiger partial charge >= 0.3 is 0 Å². The van der Waals surface area contributed by atoms with Crippen molar-refractivity contribution in [2.24, 2.45) is 5.92 Å². The molecular formula is C21H29N7O. The van der Waals surface area contributed by atoms with E-state index in [0.717, 1.165) is 56.9 Å². The summed E-state index contributed by atoms with van der Waals surface area (Å²) in [4.78, 5) is 32.7. The highest BCUT2D eigenvalue weighted by atomic mass is 16.1. The summed E-state index contributed by atoms with van der Waals surface area (Å²) in [6, 6.07) is 5.88. The molecular weight excluding hydrogens is 366 g/mol. The molecule has 0 radical (unpaired) electrons. The van der Waals surface area contributed by atoms with Gasteiger partial charge in [-0.25, -0.2) is 15.0 Å². The van der Waals surface area contributed by atoms with E-state index in [2.05, 4.69) is 48.1 Å². The van der Waals surface area contributed by atoms with Gasteiger partial charge in [0.15, 0.2) is 0 Å². The Labute approximate surface area is 172 Å². The van der Waals surface area contributed by atoms with Crippen LogP contribution in [0.25, 0.3) is 0 Å². The smallest absolute Gasteiger partial charge is 0.225 e. The summed E-state index contributed by atoms with van der Waals surface area (Å²) in [6.45, 7) is 6.15. The fourth-order valence-corrected chi connectivity index (χ4v) is 3.94. The number of hydrogen-bond acceptors (Lipinski definition) is 7. The van der Waals surface area contributed by atoms with Crippen LogP contribution in [0.15, 0.2) is 36.8 Å². The number of carbonyl (C=O) groups is 1. The zero-order valence-electron chi connectivity index (χ0n) is 17.0. The summed E-state index contributed by atoms with van der Waals surface area (Å²) in [5, 5.41) is 3.12. The van der Waals surface area contributed by atoms with Crippen LogP contribution in [-0.2, 0) is 11.3 Å². The molecule has 0 bridgehead atoms. The van der Waals surface area contributed by atoms with Crippen molar-refractivity contribution >= 4 is 17.7 Å².